The molecular weight excluding hydrogens is 293 g/mol. The number of hydrogen-bond acceptors (Lipinski definition) is 4. The molecular formula is C12H11Cl2NO4. The Bertz CT molecular complexity index is 497. The van der Waals surface area contributed by atoms with Crippen molar-refractivity contribution in [1.82, 2.24) is 0 Å². The molecule has 0 atom stereocenters. The van der Waals surface area contributed by atoms with Crippen molar-refractivity contribution in [2.24, 2.45) is 0 Å². The van der Waals surface area contributed by atoms with E-state index in [0.717, 1.165) is 11.6 Å². The Morgan fingerprint density at radius 2 is 1.53 bits per heavy atom. The Morgan fingerprint density at radius 3 is 2.05 bits per heavy atom. The minimum Gasteiger partial charge on any atom is -0.222 e. The first kappa shape index (κ1) is 15.8. The van der Waals surface area contributed by atoms with Gasteiger partial charge < -0.3 is 0 Å². The molecule has 0 radical (unpaired) electrons. The highest BCUT2D eigenvalue weighted by molar-refractivity contribution is 6.30. The number of aromatic nitrogens is 1. The average molecular weight is 304 g/mol. The predicted molar refractivity (Wildman–Crippen MR) is 57.2 cm³/mol. The highest BCUT2D eigenvalue weighted by Crippen LogP contribution is 2.09. The molecule has 1 aromatic heterocycles. The van der Waals surface area contributed by atoms with Crippen LogP contribution in [-0.4, -0.2) is 0 Å². The van der Waals surface area contributed by atoms with Gasteiger partial charge in [-0.2, -0.15) is 0 Å². The summed E-state index contributed by atoms with van der Waals surface area (Å²) in [5.41, 5.74) is 1.22. The molecule has 0 saturated carbocycles. The maximum atomic E-state index is 8.49. The first-order chi connectivity index (χ1) is 8.84. The van der Waals surface area contributed by atoms with Crippen LogP contribution in [0.15, 0.2) is 54.9 Å². The Morgan fingerprint density at radius 1 is 0.947 bits per heavy atom. The zero-order chi connectivity index (χ0) is 14.3. The third-order valence-electron chi connectivity index (χ3n) is 2.03. The van der Waals surface area contributed by atoms with E-state index < -0.39 is 10.2 Å². The molecule has 0 aliphatic carbocycles. The van der Waals surface area contributed by atoms with E-state index in [-0.39, 0.29) is 0 Å². The lowest BCUT2D eigenvalue weighted by Crippen LogP contribution is -2.68. The summed E-state index contributed by atoms with van der Waals surface area (Å²) in [7, 11) is -4.94. The van der Waals surface area contributed by atoms with E-state index in [1.54, 1.807) is 0 Å². The molecule has 0 bridgehead atoms. The van der Waals surface area contributed by atoms with Crippen LogP contribution in [0.4, 0.5) is 0 Å². The van der Waals surface area contributed by atoms with Gasteiger partial charge in [-0.05, 0) is 12.1 Å². The zero-order valence-corrected chi connectivity index (χ0v) is 11.3. The zero-order valence-electron chi connectivity index (χ0n) is 9.74. The van der Waals surface area contributed by atoms with Crippen LogP contribution in [0.5, 0.6) is 0 Å². The quantitative estimate of drug-likeness (QED) is 0.595. The molecule has 19 heavy (non-hydrogen) atoms. The van der Waals surface area contributed by atoms with Crippen LogP contribution in [0.25, 0.3) is 0 Å². The van der Waals surface area contributed by atoms with Crippen LogP contribution in [0.2, 0.25) is 5.02 Å². The van der Waals surface area contributed by atoms with Crippen molar-refractivity contribution < 1.29 is 33.4 Å². The van der Waals surface area contributed by atoms with Crippen molar-refractivity contribution in [2.75, 3.05) is 0 Å². The molecule has 0 spiro atoms. The third-order valence-corrected chi connectivity index (χ3v) is 2.27. The van der Waals surface area contributed by atoms with Gasteiger partial charge in [0.15, 0.2) is 18.9 Å². The Labute approximate surface area is 117 Å². The van der Waals surface area contributed by atoms with Crippen molar-refractivity contribution >= 4 is 11.6 Å². The summed E-state index contributed by atoms with van der Waals surface area (Å²) in [5, 5.41) is 0.791. The number of pyridine rings is 1. The molecule has 0 amide bonds. The molecule has 1 aromatic carbocycles. The molecule has 2 aromatic rings. The van der Waals surface area contributed by atoms with Crippen molar-refractivity contribution in [3.8, 4) is 0 Å². The number of halogens is 2. The smallest absolute Gasteiger partial charge is 0.173 e. The van der Waals surface area contributed by atoms with Crippen molar-refractivity contribution in [2.45, 2.75) is 6.54 Å². The summed E-state index contributed by atoms with van der Waals surface area (Å²) in [6.45, 7) is 0.862. The normalized spacial score (nSPS) is 10.6. The predicted octanol–water partition coefficient (Wildman–Crippen LogP) is -2.08. The van der Waals surface area contributed by atoms with E-state index in [2.05, 4.69) is 10.6 Å². The first-order valence-electron chi connectivity index (χ1n) is 5.15. The Kier molecular flexibility index (Phi) is 6.17. The molecule has 102 valence electrons. The molecule has 0 saturated heterocycles. The summed E-state index contributed by atoms with van der Waals surface area (Å²) in [6, 6.07) is 14.0. The van der Waals surface area contributed by atoms with Crippen LogP contribution >= 0.6 is 11.6 Å². The molecule has 0 aliphatic heterocycles. The van der Waals surface area contributed by atoms with E-state index in [0.29, 0.717) is 0 Å². The fourth-order valence-corrected chi connectivity index (χ4v) is 1.60. The number of benzene rings is 1. The lowest BCUT2D eigenvalue weighted by molar-refractivity contribution is -2.00. The second-order valence-corrected chi connectivity index (χ2v) is 4.75. The van der Waals surface area contributed by atoms with E-state index in [9.17, 15) is 0 Å². The molecule has 0 unspecified atom stereocenters. The minimum absolute atomic E-state index is 0.791. The monoisotopic (exact) mass is 303 g/mol. The van der Waals surface area contributed by atoms with Gasteiger partial charge in [-0.15, -0.1) is 10.2 Å². The molecule has 0 aliphatic rings. The Hall–Kier alpha value is -1.21. The van der Waals surface area contributed by atoms with E-state index in [4.69, 9.17) is 30.2 Å². The van der Waals surface area contributed by atoms with Gasteiger partial charge >= 0.3 is 0 Å². The van der Waals surface area contributed by atoms with Gasteiger partial charge in [0.2, 0.25) is 0 Å². The van der Waals surface area contributed by atoms with Crippen molar-refractivity contribution in [3.05, 3.63) is 65.4 Å². The first-order valence-corrected chi connectivity index (χ1v) is 6.76. The summed E-state index contributed by atoms with van der Waals surface area (Å²) in [5.74, 6) is 0. The van der Waals surface area contributed by atoms with Crippen molar-refractivity contribution in [3.63, 3.8) is 0 Å². The van der Waals surface area contributed by atoms with E-state index in [1.807, 2.05) is 48.8 Å². The summed E-state index contributed by atoms with van der Waals surface area (Å²) < 4.78 is 36.1. The molecule has 1 heterocycles. The number of nitrogens with zero attached hydrogens (tertiary/aromatic N) is 1. The maximum Gasteiger partial charge on any atom is 0.173 e. The molecule has 7 heteroatoms. The van der Waals surface area contributed by atoms with Crippen LogP contribution in [0.3, 0.4) is 0 Å². The van der Waals surface area contributed by atoms with Gasteiger partial charge in [-0.1, -0.05) is 29.8 Å². The van der Waals surface area contributed by atoms with Gasteiger partial charge in [0.1, 0.15) is 0 Å². The van der Waals surface area contributed by atoms with Gasteiger partial charge in [0.25, 0.3) is 0 Å². The van der Waals surface area contributed by atoms with Gasteiger partial charge in [0.05, 0.1) is 0 Å². The fourth-order valence-electron chi connectivity index (χ4n) is 1.39. The second-order valence-electron chi connectivity index (χ2n) is 3.56. The fraction of sp³-hybridized carbons (Fsp3) is 0.0833. The van der Waals surface area contributed by atoms with E-state index >= 15 is 0 Å². The lowest BCUT2D eigenvalue weighted by atomic mass is 10.2. The van der Waals surface area contributed by atoms with Gasteiger partial charge in [0, 0.05) is 22.7 Å². The third kappa shape index (κ3) is 8.50. The van der Waals surface area contributed by atoms with Crippen LogP contribution in [0, 0.1) is 10.2 Å². The van der Waals surface area contributed by atoms with E-state index in [1.165, 1.54) is 5.56 Å². The second kappa shape index (κ2) is 7.40. The Balaban J connectivity index is 0.000000312. The highest BCUT2D eigenvalue weighted by Gasteiger charge is 2.00. The number of hydrogen-bond donors (Lipinski definition) is 0. The van der Waals surface area contributed by atoms with Crippen LogP contribution < -0.4 is 23.2 Å². The summed E-state index contributed by atoms with van der Waals surface area (Å²) in [6.07, 6.45) is 4.09. The standard InChI is InChI=1S/C12H11ClN.ClHO4/c13-12-6-4-5-11(9-12)10-14-7-2-1-3-8-14;2-1(3,4)5/h1-9H,10H2;(H,2,3,4,5)/q+1;/p-1. The summed E-state index contributed by atoms with van der Waals surface area (Å²) >= 11 is 5.90. The maximum absolute atomic E-state index is 8.49. The van der Waals surface area contributed by atoms with Crippen molar-refractivity contribution in [1.29, 1.82) is 0 Å². The molecule has 5 nitrogen and oxygen atoms in total. The lowest BCUT2D eigenvalue weighted by Gasteiger charge is -2.17. The van der Waals surface area contributed by atoms with Gasteiger partial charge in [-0.25, -0.2) is 23.2 Å². The average Bonchev–Trinajstić information content (AvgIpc) is 2.28. The SMILES string of the molecule is Clc1cccc(C[n+]2ccccc2)c1.[O-][Cl+3]([O-])([O-])[O-]. The minimum atomic E-state index is -4.94. The molecule has 0 fully saturated rings. The molecule has 0 N–H and O–H groups in total. The van der Waals surface area contributed by atoms with Gasteiger partial charge in [-0.3, -0.25) is 0 Å². The highest BCUT2D eigenvalue weighted by atomic mass is 35.7. The topological polar surface area (TPSA) is 96.1 Å². The number of rotatable bonds is 2. The largest absolute Gasteiger partial charge is 0.222 e. The van der Waals surface area contributed by atoms with Crippen LogP contribution in [0.1, 0.15) is 5.56 Å². The summed E-state index contributed by atoms with van der Waals surface area (Å²) in [4.78, 5) is 0. The van der Waals surface area contributed by atoms with Crippen LogP contribution in [-0.2, 0) is 6.54 Å². The molecule has 2 rings (SSSR count).